The monoisotopic (exact) mass is 234 g/mol. The molecular weight excluding hydrogens is 216 g/mol. The van der Waals surface area contributed by atoms with Crippen molar-refractivity contribution in [3.05, 3.63) is 45.5 Å². The van der Waals surface area contributed by atoms with E-state index >= 15 is 0 Å². The first-order valence-electron chi connectivity index (χ1n) is 5.65. The van der Waals surface area contributed by atoms with E-state index < -0.39 is 0 Å². The fourth-order valence-corrected chi connectivity index (χ4v) is 1.43. The van der Waals surface area contributed by atoms with E-state index in [0.717, 1.165) is 12.1 Å². The highest BCUT2D eigenvalue weighted by Gasteiger charge is 2.09. The Labute approximate surface area is 101 Å². The van der Waals surface area contributed by atoms with Gasteiger partial charge in [0, 0.05) is 24.2 Å². The Hall–Kier alpha value is -1.68. The first kappa shape index (κ1) is 13.4. The lowest BCUT2D eigenvalue weighted by molar-refractivity contribution is -0.385. The lowest BCUT2D eigenvalue weighted by atomic mass is 10.1. The third-order valence-electron chi connectivity index (χ3n) is 2.38. The molecule has 1 aromatic rings. The molecule has 1 N–H and O–H groups in total. The molecule has 0 fully saturated rings. The maximum absolute atomic E-state index is 10.8. The van der Waals surface area contributed by atoms with Gasteiger partial charge in [0.25, 0.3) is 5.69 Å². The van der Waals surface area contributed by atoms with E-state index in [9.17, 15) is 10.1 Å². The molecule has 0 aliphatic heterocycles. The van der Waals surface area contributed by atoms with Crippen LogP contribution in [0.5, 0.6) is 0 Å². The van der Waals surface area contributed by atoms with Crippen molar-refractivity contribution in [3.63, 3.8) is 0 Å². The third kappa shape index (κ3) is 4.36. The van der Waals surface area contributed by atoms with E-state index in [-0.39, 0.29) is 10.6 Å². The quantitative estimate of drug-likeness (QED) is 0.629. The summed E-state index contributed by atoms with van der Waals surface area (Å²) in [5.74, 6) is 0. The zero-order valence-corrected chi connectivity index (χ0v) is 10.4. The molecule has 0 heterocycles. The van der Waals surface area contributed by atoms with Gasteiger partial charge in [0.1, 0.15) is 0 Å². The molecule has 0 spiro atoms. The largest absolute Gasteiger partial charge is 0.311 e. The van der Waals surface area contributed by atoms with E-state index in [1.165, 1.54) is 0 Å². The summed E-state index contributed by atoms with van der Waals surface area (Å²) in [5.41, 5.74) is 1.71. The summed E-state index contributed by atoms with van der Waals surface area (Å²) in [7, 11) is 0. The molecule has 0 amide bonds. The Balaban J connectivity index is 2.72. The standard InChI is InChI=1S/C13H18N2O2/c1-10(2)14-8-4-5-12-7-6-11(3)13(9-12)15(16)17/h4-7,9-10,14H,8H2,1-3H3. The van der Waals surface area contributed by atoms with E-state index in [0.29, 0.717) is 11.6 Å². The average molecular weight is 234 g/mol. The van der Waals surface area contributed by atoms with Crippen molar-refractivity contribution in [1.29, 1.82) is 0 Å². The lowest BCUT2D eigenvalue weighted by Gasteiger charge is -2.03. The van der Waals surface area contributed by atoms with Crippen molar-refractivity contribution >= 4 is 11.8 Å². The highest BCUT2D eigenvalue weighted by molar-refractivity contribution is 5.56. The van der Waals surface area contributed by atoms with Gasteiger partial charge in [-0.15, -0.1) is 0 Å². The molecule has 0 saturated heterocycles. The SMILES string of the molecule is Cc1ccc(C=CCNC(C)C)cc1[N+](=O)[O-]. The molecule has 4 heteroatoms. The molecule has 1 aromatic carbocycles. The van der Waals surface area contributed by atoms with Crippen molar-refractivity contribution in [2.75, 3.05) is 6.54 Å². The van der Waals surface area contributed by atoms with Crippen molar-refractivity contribution in [3.8, 4) is 0 Å². The second-order valence-corrected chi connectivity index (χ2v) is 4.27. The van der Waals surface area contributed by atoms with Crippen LogP contribution in [0.3, 0.4) is 0 Å². The van der Waals surface area contributed by atoms with Gasteiger partial charge < -0.3 is 5.32 Å². The fraction of sp³-hybridized carbons (Fsp3) is 0.385. The van der Waals surface area contributed by atoms with Crippen LogP contribution < -0.4 is 5.32 Å². The second kappa shape index (κ2) is 6.15. The molecule has 0 atom stereocenters. The predicted molar refractivity (Wildman–Crippen MR) is 70.0 cm³/mol. The van der Waals surface area contributed by atoms with Crippen molar-refractivity contribution in [2.24, 2.45) is 0 Å². The molecule has 1 rings (SSSR count). The second-order valence-electron chi connectivity index (χ2n) is 4.27. The van der Waals surface area contributed by atoms with Crippen LogP contribution in [-0.4, -0.2) is 17.5 Å². The van der Waals surface area contributed by atoms with Gasteiger partial charge in [-0.05, 0) is 12.5 Å². The molecule has 0 saturated carbocycles. The smallest absolute Gasteiger partial charge is 0.272 e. The maximum atomic E-state index is 10.8. The molecule has 17 heavy (non-hydrogen) atoms. The molecule has 92 valence electrons. The Kier molecular flexibility index (Phi) is 4.84. The zero-order valence-electron chi connectivity index (χ0n) is 10.4. The Bertz CT molecular complexity index is 425. The van der Waals surface area contributed by atoms with Crippen molar-refractivity contribution in [2.45, 2.75) is 26.8 Å². The highest BCUT2D eigenvalue weighted by atomic mass is 16.6. The molecular formula is C13H18N2O2. The summed E-state index contributed by atoms with van der Waals surface area (Å²) in [6.07, 6.45) is 3.86. The van der Waals surface area contributed by atoms with E-state index in [2.05, 4.69) is 19.2 Å². The first-order chi connectivity index (χ1) is 8.00. The summed E-state index contributed by atoms with van der Waals surface area (Å²) in [6.45, 7) is 6.65. The van der Waals surface area contributed by atoms with Gasteiger partial charge in [0.15, 0.2) is 0 Å². The zero-order chi connectivity index (χ0) is 12.8. The molecule has 0 unspecified atom stereocenters. The van der Waals surface area contributed by atoms with Crippen molar-refractivity contribution < 1.29 is 4.92 Å². The average Bonchev–Trinajstić information content (AvgIpc) is 2.25. The topological polar surface area (TPSA) is 55.2 Å². The summed E-state index contributed by atoms with van der Waals surface area (Å²) in [5, 5.41) is 14.0. The Morgan fingerprint density at radius 2 is 2.18 bits per heavy atom. The summed E-state index contributed by atoms with van der Waals surface area (Å²) in [6, 6.07) is 5.69. The maximum Gasteiger partial charge on any atom is 0.272 e. The number of nitro groups is 1. The van der Waals surface area contributed by atoms with Gasteiger partial charge >= 0.3 is 0 Å². The molecule has 0 bridgehead atoms. The fourth-order valence-electron chi connectivity index (χ4n) is 1.43. The number of rotatable bonds is 5. The number of nitrogens with zero attached hydrogens (tertiary/aromatic N) is 1. The third-order valence-corrected chi connectivity index (χ3v) is 2.38. The van der Waals surface area contributed by atoms with E-state index in [4.69, 9.17) is 0 Å². The van der Waals surface area contributed by atoms with Crippen LogP contribution in [-0.2, 0) is 0 Å². The van der Waals surface area contributed by atoms with Gasteiger partial charge in [0.05, 0.1) is 4.92 Å². The molecule has 4 nitrogen and oxygen atoms in total. The number of nitrogens with one attached hydrogen (secondary N) is 1. The minimum absolute atomic E-state index is 0.170. The van der Waals surface area contributed by atoms with Crippen LogP contribution in [0.25, 0.3) is 6.08 Å². The summed E-state index contributed by atoms with van der Waals surface area (Å²) in [4.78, 5) is 10.4. The number of aryl methyl sites for hydroxylation is 1. The van der Waals surface area contributed by atoms with Crippen LogP contribution in [0.2, 0.25) is 0 Å². The van der Waals surface area contributed by atoms with E-state index in [1.807, 2.05) is 18.2 Å². The molecule has 0 radical (unpaired) electrons. The Morgan fingerprint density at radius 3 is 2.76 bits per heavy atom. The molecule has 0 aliphatic carbocycles. The van der Waals surface area contributed by atoms with E-state index in [1.54, 1.807) is 19.1 Å². The van der Waals surface area contributed by atoms with Crippen LogP contribution in [0, 0.1) is 17.0 Å². The van der Waals surface area contributed by atoms with Crippen molar-refractivity contribution in [1.82, 2.24) is 5.32 Å². The van der Waals surface area contributed by atoms with Crippen LogP contribution in [0.1, 0.15) is 25.0 Å². The highest BCUT2D eigenvalue weighted by Crippen LogP contribution is 2.19. The lowest BCUT2D eigenvalue weighted by Crippen LogP contribution is -2.22. The summed E-state index contributed by atoms with van der Waals surface area (Å²) < 4.78 is 0. The van der Waals surface area contributed by atoms with Crippen LogP contribution in [0.15, 0.2) is 24.3 Å². The van der Waals surface area contributed by atoms with Crippen LogP contribution in [0.4, 0.5) is 5.69 Å². The Morgan fingerprint density at radius 1 is 1.47 bits per heavy atom. The van der Waals surface area contributed by atoms with Gasteiger partial charge in [-0.25, -0.2) is 0 Å². The van der Waals surface area contributed by atoms with Gasteiger partial charge in [-0.1, -0.05) is 38.1 Å². The van der Waals surface area contributed by atoms with Crippen LogP contribution >= 0.6 is 0 Å². The predicted octanol–water partition coefficient (Wildman–Crippen LogP) is 2.91. The number of benzene rings is 1. The van der Waals surface area contributed by atoms with Gasteiger partial charge in [0.2, 0.25) is 0 Å². The molecule has 0 aromatic heterocycles. The van der Waals surface area contributed by atoms with Gasteiger partial charge in [-0.2, -0.15) is 0 Å². The number of hydrogen-bond acceptors (Lipinski definition) is 3. The normalized spacial score (nSPS) is 11.3. The summed E-state index contributed by atoms with van der Waals surface area (Å²) >= 11 is 0. The number of hydrogen-bond donors (Lipinski definition) is 1. The van der Waals surface area contributed by atoms with Gasteiger partial charge in [-0.3, -0.25) is 10.1 Å². The number of nitro benzene ring substituents is 1. The molecule has 0 aliphatic rings. The first-order valence-corrected chi connectivity index (χ1v) is 5.65. The minimum atomic E-state index is -0.348. The minimum Gasteiger partial charge on any atom is -0.311 e.